The molecular weight excluding hydrogens is 388 g/mol. The fourth-order valence-corrected chi connectivity index (χ4v) is 3.72. The highest BCUT2D eigenvalue weighted by atomic mass is 79.9. The Balaban J connectivity index is 1.98. The molecule has 0 aromatic heterocycles. The minimum absolute atomic E-state index is 0.122. The molecule has 0 saturated carbocycles. The maximum atomic E-state index is 5.91. The van der Waals surface area contributed by atoms with E-state index in [0.29, 0.717) is 13.2 Å². The van der Waals surface area contributed by atoms with Gasteiger partial charge < -0.3 is 20.1 Å². The van der Waals surface area contributed by atoms with Crippen LogP contribution >= 0.6 is 31.9 Å². The molecule has 0 spiro atoms. The second kappa shape index (κ2) is 7.75. The molecule has 1 aliphatic rings. The molecule has 0 radical (unpaired) electrons. The van der Waals surface area contributed by atoms with Crippen LogP contribution in [0.1, 0.15) is 5.56 Å². The Kier molecular flexibility index (Phi) is 6.29. The highest BCUT2D eigenvalue weighted by Crippen LogP contribution is 2.35. The SMILES string of the molecule is CN1CCOC(COc2c(Br)cc(CCN)cc2Br)C1. The lowest BCUT2D eigenvalue weighted by molar-refractivity contribution is -0.0405. The van der Waals surface area contributed by atoms with E-state index < -0.39 is 0 Å². The van der Waals surface area contributed by atoms with Crippen molar-refractivity contribution in [3.63, 3.8) is 0 Å². The van der Waals surface area contributed by atoms with Crippen molar-refractivity contribution in [1.82, 2.24) is 4.90 Å². The van der Waals surface area contributed by atoms with E-state index in [4.69, 9.17) is 15.2 Å². The summed E-state index contributed by atoms with van der Waals surface area (Å²) in [6.07, 6.45) is 0.977. The van der Waals surface area contributed by atoms with Gasteiger partial charge in [0.25, 0.3) is 0 Å². The molecule has 1 fully saturated rings. The van der Waals surface area contributed by atoms with Gasteiger partial charge in [-0.2, -0.15) is 0 Å². The smallest absolute Gasteiger partial charge is 0.147 e. The number of likely N-dealkylation sites (N-methyl/N-ethyl adjacent to an activating group) is 1. The van der Waals surface area contributed by atoms with Gasteiger partial charge in [0.05, 0.1) is 15.6 Å². The zero-order valence-electron chi connectivity index (χ0n) is 11.6. The first-order chi connectivity index (χ1) is 9.60. The number of hydrogen-bond acceptors (Lipinski definition) is 4. The van der Waals surface area contributed by atoms with Gasteiger partial charge in [-0.3, -0.25) is 0 Å². The first-order valence-electron chi connectivity index (χ1n) is 6.71. The molecule has 1 heterocycles. The highest BCUT2D eigenvalue weighted by molar-refractivity contribution is 9.11. The zero-order valence-corrected chi connectivity index (χ0v) is 14.7. The largest absolute Gasteiger partial charge is 0.488 e. The van der Waals surface area contributed by atoms with Crippen molar-refractivity contribution in [2.45, 2.75) is 12.5 Å². The predicted molar refractivity (Wildman–Crippen MR) is 87.3 cm³/mol. The van der Waals surface area contributed by atoms with E-state index in [1.54, 1.807) is 0 Å². The van der Waals surface area contributed by atoms with Gasteiger partial charge >= 0.3 is 0 Å². The van der Waals surface area contributed by atoms with Gasteiger partial charge in [0.2, 0.25) is 0 Å². The number of ether oxygens (including phenoxy) is 2. The molecule has 1 aromatic rings. The van der Waals surface area contributed by atoms with E-state index in [1.165, 1.54) is 5.56 Å². The van der Waals surface area contributed by atoms with Gasteiger partial charge in [0, 0.05) is 13.1 Å². The molecule has 6 heteroatoms. The van der Waals surface area contributed by atoms with Gasteiger partial charge in [-0.25, -0.2) is 0 Å². The summed E-state index contributed by atoms with van der Waals surface area (Å²) in [5.74, 6) is 0.822. The van der Waals surface area contributed by atoms with Crippen molar-refractivity contribution >= 4 is 31.9 Å². The first kappa shape index (κ1) is 16.2. The topological polar surface area (TPSA) is 47.7 Å². The van der Waals surface area contributed by atoms with Crippen molar-refractivity contribution in [2.24, 2.45) is 5.73 Å². The number of halogens is 2. The fourth-order valence-electron chi connectivity index (χ4n) is 2.21. The Labute approximate surface area is 136 Å². The molecule has 1 saturated heterocycles. The molecular formula is C14H20Br2N2O2. The Hall–Kier alpha value is -0.140. The second-order valence-electron chi connectivity index (χ2n) is 4.99. The monoisotopic (exact) mass is 406 g/mol. The average molecular weight is 408 g/mol. The van der Waals surface area contributed by atoms with Crippen molar-refractivity contribution in [1.29, 1.82) is 0 Å². The summed E-state index contributed by atoms with van der Waals surface area (Å²) in [7, 11) is 2.10. The van der Waals surface area contributed by atoms with Crippen LogP contribution in [0.5, 0.6) is 5.75 Å². The van der Waals surface area contributed by atoms with E-state index >= 15 is 0 Å². The third-order valence-electron chi connectivity index (χ3n) is 3.25. The van der Waals surface area contributed by atoms with Crippen LogP contribution in [0.15, 0.2) is 21.1 Å². The van der Waals surface area contributed by atoms with Crippen LogP contribution in [0.4, 0.5) is 0 Å². The number of morpholine rings is 1. The minimum atomic E-state index is 0.122. The zero-order chi connectivity index (χ0) is 14.5. The Morgan fingerprint density at radius 1 is 1.40 bits per heavy atom. The third kappa shape index (κ3) is 4.43. The number of benzene rings is 1. The van der Waals surface area contributed by atoms with Crippen LogP contribution in [0.3, 0.4) is 0 Å². The summed E-state index contributed by atoms with van der Waals surface area (Å²) in [5.41, 5.74) is 6.77. The van der Waals surface area contributed by atoms with Gasteiger partial charge in [-0.1, -0.05) is 0 Å². The summed E-state index contributed by atoms with van der Waals surface area (Å²) >= 11 is 7.12. The lowest BCUT2D eigenvalue weighted by atomic mass is 10.1. The predicted octanol–water partition coefficient (Wildman–Crippen LogP) is 2.42. The van der Waals surface area contributed by atoms with Crippen molar-refractivity contribution < 1.29 is 9.47 Å². The average Bonchev–Trinajstić information content (AvgIpc) is 2.38. The van der Waals surface area contributed by atoms with Crippen molar-refractivity contribution in [3.05, 3.63) is 26.6 Å². The van der Waals surface area contributed by atoms with Crippen LogP contribution in [-0.2, 0) is 11.2 Å². The lowest BCUT2D eigenvalue weighted by Gasteiger charge is -2.30. The maximum Gasteiger partial charge on any atom is 0.147 e. The van der Waals surface area contributed by atoms with E-state index in [-0.39, 0.29) is 6.10 Å². The normalized spacial score (nSPS) is 20.1. The molecule has 1 unspecified atom stereocenters. The quantitative estimate of drug-likeness (QED) is 0.814. The molecule has 1 aromatic carbocycles. The van der Waals surface area contributed by atoms with Crippen LogP contribution in [0, 0.1) is 0 Å². The molecule has 4 nitrogen and oxygen atoms in total. The molecule has 2 rings (SSSR count). The standard InChI is InChI=1S/C14H20Br2N2O2/c1-18-4-5-19-11(8-18)9-20-14-12(15)6-10(2-3-17)7-13(14)16/h6-7,11H,2-5,8-9,17H2,1H3. The van der Waals surface area contributed by atoms with Crippen LogP contribution in [0.2, 0.25) is 0 Å². The van der Waals surface area contributed by atoms with Crippen LogP contribution < -0.4 is 10.5 Å². The molecule has 1 atom stereocenters. The van der Waals surface area contributed by atoms with E-state index in [0.717, 1.165) is 40.8 Å². The lowest BCUT2D eigenvalue weighted by Crippen LogP contribution is -2.42. The first-order valence-corrected chi connectivity index (χ1v) is 8.29. The second-order valence-corrected chi connectivity index (χ2v) is 6.70. The molecule has 2 N–H and O–H groups in total. The van der Waals surface area contributed by atoms with E-state index in [9.17, 15) is 0 Å². The minimum Gasteiger partial charge on any atom is -0.488 e. The van der Waals surface area contributed by atoms with Gasteiger partial charge in [-0.15, -0.1) is 0 Å². The number of rotatable bonds is 5. The third-order valence-corrected chi connectivity index (χ3v) is 4.42. The van der Waals surface area contributed by atoms with Gasteiger partial charge in [-0.05, 0) is 69.6 Å². The summed E-state index contributed by atoms with van der Waals surface area (Å²) in [6.45, 7) is 3.85. The van der Waals surface area contributed by atoms with Gasteiger partial charge in [0.1, 0.15) is 18.5 Å². The Morgan fingerprint density at radius 2 is 2.10 bits per heavy atom. The Bertz CT molecular complexity index is 434. The maximum absolute atomic E-state index is 5.91. The molecule has 0 aliphatic carbocycles. The number of nitrogens with zero attached hydrogens (tertiary/aromatic N) is 1. The van der Waals surface area contributed by atoms with E-state index in [2.05, 4.69) is 55.9 Å². The Morgan fingerprint density at radius 3 is 2.70 bits per heavy atom. The molecule has 1 aliphatic heterocycles. The molecule has 0 amide bonds. The summed E-state index contributed by atoms with van der Waals surface area (Å²) in [5, 5.41) is 0. The van der Waals surface area contributed by atoms with Crippen molar-refractivity contribution in [2.75, 3.05) is 39.9 Å². The van der Waals surface area contributed by atoms with E-state index in [1.807, 2.05) is 0 Å². The molecule has 112 valence electrons. The number of hydrogen-bond donors (Lipinski definition) is 1. The summed E-state index contributed by atoms with van der Waals surface area (Å²) in [4.78, 5) is 2.26. The molecule has 20 heavy (non-hydrogen) atoms. The fraction of sp³-hybridized carbons (Fsp3) is 0.571. The summed E-state index contributed by atoms with van der Waals surface area (Å²) < 4.78 is 13.5. The summed E-state index contributed by atoms with van der Waals surface area (Å²) in [6, 6.07) is 4.11. The van der Waals surface area contributed by atoms with Gasteiger partial charge in [0.15, 0.2) is 0 Å². The van der Waals surface area contributed by atoms with Crippen LogP contribution in [-0.4, -0.2) is 50.9 Å². The molecule has 0 bridgehead atoms. The highest BCUT2D eigenvalue weighted by Gasteiger charge is 2.19. The van der Waals surface area contributed by atoms with Crippen molar-refractivity contribution in [3.8, 4) is 5.75 Å². The number of nitrogens with two attached hydrogens (primary N) is 1. The van der Waals surface area contributed by atoms with Crippen LogP contribution in [0.25, 0.3) is 0 Å².